The first-order valence-electron chi connectivity index (χ1n) is 20.3. The fraction of sp³-hybridized carbons (Fsp3) is 0. The molecule has 74 heavy (non-hydrogen) atoms. The number of nitrogens with one attached hydrogen (secondary N) is 2. The standard InChI is InChI=1S/C49H13F20N5/c50-30-26(31(51)39(59)46(66)38(30)58)22-14-3-1-12(70-14)11-13-2-4-15(71-13)23(27-32(52)40(60)47(67)41(61)33(27)53)17-6-8-19(73-17)25(29-36(56)44(64)49(69)45(65)37(29)57)21-10-9-20(74-21)24(18-7-5-16(22)72-18)28-34(54)42(62)48(68)43(63)35(28)55/h1-11,72-73H. The Bertz CT molecular complexity index is 3730. The van der Waals surface area contributed by atoms with Gasteiger partial charge in [-0.2, -0.15) is 0 Å². The van der Waals surface area contributed by atoms with Crippen molar-refractivity contribution in [2.45, 2.75) is 0 Å². The van der Waals surface area contributed by atoms with Crippen LogP contribution in [0.3, 0.4) is 0 Å². The molecule has 5 nitrogen and oxygen atoms in total. The van der Waals surface area contributed by atoms with Crippen LogP contribution in [-0.4, -0.2) is 24.9 Å². The normalized spacial score (nSPS) is 12.4. The predicted molar refractivity (Wildman–Crippen MR) is 224 cm³/mol. The summed E-state index contributed by atoms with van der Waals surface area (Å²) in [6, 6.07) is 3.82. The summed E-state index contributed by atoms with van der Waals surface area (Å²) in [6.07, 6.45) is 5.03. The van der Waals surface area contributed by atoms with Crippen LogP contribution in [0.4, 0.5) is 87.8 Å². The zero-order valence-corrected chi connectivity index (χ0v) is 35.3. The topological polar surface area (TPSA) is 70.2 Å². The third-order valence-electron chi connectivity index (χ3n) is 11.6. The van der Waals surface area contributed by atoms with E-state index in [0.29, 0.717) is 24.3 Å². The zero-order chi connectivity index (χ0) is 53.3. The second kappa shape index (κ2) is 17.5. The zero-order valence-electron chi connectivity index (χ0n) is 35.3. The van der Waals surface area contributed by atoms with E-state index in [9.17, 15) is 35.1 Å². The number of H-pyrrole nitrogens is 2. The largest absolute Gasteiger partial charge is 0.354 e. The van der Waals surface area contributed by atoms with Crippen LogP contribution in [0.15, 0.2) is 30.3 Å². The molecular formula is C49H13F20N5. The number of hydrogen-bond acceptors (Lipinski definition) is 3. The highest BCUT2D eigenvalue weighted by Gasteiger charge is 2.35. The maximum Gasteiger partial charge on any atom is 0.200 e. The van der Waals surface area contributed by atoms with E-state index in [1.165, 1.54) is 0 Å². The second-order valence-corrected chi connectivity index (χ2v) is 15.7. The van der Waals surface area contributed by atoms with Crippen molar-refractivity contribution in [2.24, 2.45) is 0 Å². The molecule has 0 spiro atoms. The fourth-order valence-electron chi connectivity index (χ4n) is 8.26. The predicted octanol–water partition coefficient (Wildman–Crippen LogP) is 15.1. The first-order chi connectivity index (χ1) is 35.0. The molecule has 0 aliphatic carbocycles. The van der Waals surface area contributed by atoms with Crippen LogP contribution < -0.4 is 0 Å². The van der Waals surface area contributed by atoms with Crippen molar-refractivity contribution in [3.63, 3.8) is 0 Å². The minimum absolute atomic E-state index is 0.337. The number of rotatable bonds is 4. The third kappa shape index (κ3) is 7.21. The summed E-state index contributed by atoms with van der Waals surface area (Å²) in [6.45, 7) is 0. The van der Waals surface area contributed by atoms with Gasteiger partial charge in [0.15, 0.2) is 93.1 Å². The molecule has 0 unspecified atom stereocenters. The molecule has 0 saturated carbocycles. The Hall–Kier alpha value is -8.77. The minimum atomic E-state index is -2.73. The van der Waals surface area contributed by atoms with Gasteiger partial charge in [-0.1, -0.05) is 0 Å². The Morgan fingerprint density at radius 1 is 0.216 bits per heavy atom. The number of hydrogen-bond donors (Lipinski definition) is 2. The molecule has 10 bridgehead atoms. The average Bonchev–Trinajstić information content (AvgIpc) is 4.27. The molecule has 7 aromatic rings. The van der Waals surface area contributed by atoms with Gasteiger partial charge in [-0.15, -0.1) is 0 Å². The molecular weight excluding hydrogens is 1040 g/mol. The number of aromatic nitrogens is 5. The Kier molecular flexibility index (Phi) is 11.5. The quantitative estimate of drug-likeness (QED) is 0.105. The maximum atomic E-state index is 16.0. The summed E-state index contributed by atoms with van der Waals surface area (Å²) in [7, 11) is 0. The molecule has 4 aromatic carbocycles. The van der Waals surface area contributed by atoms with Crippen LogP contribution in [0.2, 0.25) is 0 Å². The maximum absolute atomic E-state index is 16.0. The van der Waals surface area contributed by atoms with Crippen LogP contribution in [0.1, 0.15) is 34.2 Å². The number of halogens is 20. The van der Waals surface area contributed by atoms with Gasteiger partial charge in [0.05, 0.1) is 56.4 Å². The van der Waals surface area contributed by atoms with Gasteiger partial charge in [0.25, 0.3) is 0 Å². The first-order valence-corrected chi connectivity index (χ1v) is 20.3. The van der Waals surface area contributed by atoms with Gasteiger partial charge >= 0.3 is 0 Å². The van der Waals surface area contributed by atoms with Gasteiger partial charge in [0.2, 0.25) is 23.3 Å². The van der Waals surface area contributed by atoms with Crippen LogP contribution in [-0.2, 0) is 0 Å². The molecule has 3 aliphatic rings. The van der Waals surface area contributed by atoms with Crippen molar-refractivity contribution >= 4 is 58.5 Å². The van der Waals surface area contributed by atoms with Crippen LogP contribution >= 0.6 is 0 Å². The molecule has 0 atom stereocenters. The molecule has 3 aromatic heterocycles. The third-order valence-corrected chi connectivity index (χ3v) is 11.6. The van der Waals surface area contributed by atoms with Crippen molar-refractivity contribution in [3.05, 3.63) is 181 Å². The van der Waals surface area contributed by atoms with Crippen LogP contribution in [0, 0.1) is 116 Å². The summed E-state index contributed by atoms with van der Waals surface area (Å²) in [5.74, 6) is -51.9. The summed E-state index contributed by atoms with van der Waals surface area (Å²) in [5, 5.41) is 0. The average molecular weight is 1050 g/mol. The molecule has 6 heterocycles. The van der Waals surface area contributed by atoms with E-state index in [1.807, 2.05) is 0 Å². The second-order valence-electron chi connectivity index (χ2n) is 15.7. The van der Waals surface area contributed by atoms with Gasteiger partial charge in [-0.25, -0.2) is 103 Å². The summed E-state index contributed by atoms with van der Waals surface area (Å²) < 4.78 is 305. The fourth-order valence-corrected chi connectivity index (χ4v) is 8.26. The lowest BCUT2D eigenvalue weighted by Crippen LogP contribution is -2.06. The monoisotopic (exact) mass is 1050 g/mol. The molecule has 0 saturated heterocycles. The Labute approximate surface area is 396 Å². The van der Waals surface area contributed by atoms with E-state index in [2.05, 4.69) is 24.9 Å². The van der Waals surface area contributed by atoms with Gasteiger partial charge in [0.1, 0.15) is 0 Å². The van der Waals surface area contributed by atoms with E-state index in [0.717, 1.165) is 42.5 Å². The lowest BCUT2D eigenvalue weighted by molar-refractivity contribution is 0.381. The number of fused-ring (bicyclic) bond motifs is 10. The van der Waals surface area contributed by atoms with Crippen molar-refractivity contribution in [1.29, 1.82) is 0 Å². The van der Waals surface area contributed by atoms with Crippen LogP contribution in [0.25, 0.3) is 103 Å². The minimum Gasteiger partial charge on any atom is -0.354 e. The molecule has 0 radical (unpaired) electrons. The molecule has 0 amide bonds. The number of nitrogens with zero attached hydrogens (tertiary/aromatic N) is 3. The lowest BCUT2D eigenvalue weighted by Gasteiger charge is -2.11. The van der Waals surface area contributed by atoms with E-state index in [4.69, 9.17) is 0 Å². The highest BCUT2D eigenvalue weighted by atomic mass is 19.2. The van der Waals surface area contributed by atoms with Gasteiger partial charge in [-0.3, -0.25) is 0 Å². The SMILES string of the molecule is Fc1c(F)c(F)c(-c2c3nc(cc4nc(c(-c5c(F)c(F)c(F)c(F)c5F)c5ccc([nH]5)c(-c5c(F)c(F)c(F)c(F)c5F)c5nc(c(-c6c(F)c(F)c(F)c(F)c6F)c6ccc2[nH]6)C=C5)C=C4)C=C3)c(F)c1F. The lowest BCUT2D eigenvalue weighted by atomic mass is 10.0. The molecule has 25 heteroatoms. The summed E-state index contributed by atoms with van der Waals surface area (Å²) in [4.78, 5) is 16.9. The van der Waals surface area contributed by atoms with Crippen molar-refractivity contribution in [1.82, 2.24) is 24.9 Å². The van der Waals surface area contributed by atoms with E-state index < -0.39 is 206 Å². The van der Waals surface area contributed by atoms with Crippen molar-refractivity contribution < 1.29 is 87.8 Å². The molecule has 374 valence electrons. The van der Waals surface area contributed by atoms with Gasteiger partial charge < -0.3 is 9.97 Å². The van der Waals surface area contributed by atoms with E-state index in [-0.39, 0.29) is 11.4 Å². The summed E-state index contributed by atoms with van der Waals surface area (Å²) >= 11 is 0. The number of benzene rings is 4. The Balaban J connectivity index is 1.48. The van der Waals surface area contributed by atoms with E-state index in [1.54, 1.807) is 0 Å². The van der Waals surface area contributed by atoms with E-state index >= 15 is 52.7 Å². The first kappa shape index (κ1) is 48.8. The van der Waals surface area contributed by atoms with Crippen LogP contribution in [0.5, 0.6) is 0 Å². The number of aromatic amines is 2. The molecule has 10 rings (SSSR count). The summed E-state index contributed by atoms with van der Waals surface area (Å²) in [5.41, 5.74) is -19.6. The highest BCUT2D eigenvalue weighted by molar-refractivity contribution is 5.99. The van der Waals surface area contributed by atoms with Gasteiger partial charge in [0, 0.05) is 44.3 Å². The van der Waals surface area contributed by atoms with Gasteiger partial charge in [-0.05, 0) is 66.8 Å². The molecule has 2 N–H and O–H groups in total. The van der Waals surface area contributed by atoms with Crippen molar-refractivity contribution in [2.75, 3.05) is 0 Å². The smallest absolute Gasteiger partial charge is 0.200 e. The highest BCUT2D eigenvalue weighted by Crippen LogP contribution is 2.44. The molecule has 0 fully saturated rings. The Morgan fingerprint density at radius 2 is 0.405 bits per heavy atom. The van der Waals surface area contributed by atoms with Crippen molar-refractivity contribution in [3.8, 4) is 44.5 Å². The molecule has 3 aliphatic heterocycles. The Morgan fingerprint density at radius 3 is 0.635 bits per heavy atom.